The molecule has 4 rings (SSSR count). The summed E-state index contributed by atoms with van der Waals surface area (Å²) in [4.78, 5) is 14.1. The van der Waals surface area contributed by atoms with E-state index in [4.69, 9.17) is 4.74 Å². The summed E-state index contributed by atoms with van der Waals surface area (Å²) in [6.45, 7) is 2.28. The Labute approximate surface area is 150 Å². The SMILES string of the molecule is N#Cc1ncc2[nH]c3ncccc3c2c1OC1CCN(CCCF)CC1. The number of hydrogen-bond donors (Lipinski definition) is 1. The predicted octanol–water partition coefficient (Wildman–Crippen LogP) is 3.19. The minimum absolute atomic E-state index is 0.0257. The lowest BCUT2D eigenvalue weighted by Gasteiger charge is -2.32. The number of alkyl halides is 1. The lowest BCUT2D eigenvalue weighted by Crippen LogP contribution is -2.38. The maximum absolute atomic E-state index is 12.3. The number of H-pyrrole nitrogens is 1. The van der Waals surface area contributed by atoms with Crippen LogP contribution in [0.2, 0.25) is 0 Å². The van der Waals surface area contributed by atoms with Gasteiger partial charge < -0.3 is 14.6 Å². The summed E-state index contributed by atoms with van der Waals surface area (Å²) >= 11 is 0. The molecule has 0 aromatic carbocycles. The van der Waals surface area contributed by atoms with E-state index >= 15 is 0 Å². The van der Waals surface area contributed by atoms with E-state index < -0.39 is 0 Å². The normalized spacial score (nSPS) is 16.2. The number of aromatic nitrogens is 3. The number of aromatic amines is 1. The molecular weight excluding hydrogens is 333 g/mol. The van der Waals surface area contributed by atoms with Gasteiger partial charge in [-0.2, -0.15) is 5.26 Å². The molecule has 7 heteroatoms. The molecule has 3 aromatic rings. The highest BCUT2D eigenvalue weighted by Gasteiger charge is 2.24. The Morgan fingerprint density at radius 1 is 1.35 bits per heavy atom. The molecule has 0 spiro atoms. The highest BCUT2D eigenvalue weighted by molar-refractivity contribution is 6.09. The van der Waals surface area contributed by atoms with Gasteiger partial charge in [-0.15, -0.1) is 0 Å². The largest absolute Gasteiger partial charge is 0.487 e. The Kier molecular flexibility index (Phi) is 4.67. The molecule has 0 aliphatic carbocycles. The number of nitriles is 1. The van der Waals surface area contributed by atoms with E-state index in [0.29, 0.717) is 17.9 Å². The van der Waals surface area contributed by atoms with E-state index in [9.17, 15) is 9.65 Å². The first-order valence-corrected chi connectivity index (χ1v) is 8.90. The number of ether oxygens (including phenoxy) is 1. The van der Waals surface area contributed by atoms with Gasteiger partial charge in [0.15, 0.2) is 11.4 Å². The molecule has 6 nitrogen and oxygen atoms in total. The molecule has 0 bridgehead atoms. The van der Waals surface area contributed by atoms with Gasteiger partial charge >= 0.3 is 0 Å². The van der Waals surface area contributed by atoms with Crippen molar-refractivity contribution in [1.82, 2.24) is 19.9 Å². The number of fused-ring (bicyclic) bond motifs is 3. The van der Waals surface area contributed by atoms with Crippen LogP contribution < -0.4 is 4.74 Å². The van der Waals surface area contributed by atoms with E-state index in [1.807, 2.05) is 12.1 Å². The summed E-state index contributed by atoms with van der Waals surface area (Å²) in [7, 11) is 0. The van der Waals surface area contributed by atoms with E-state index in [1.165, 1.54) is 0 Å². The van der Waals surface area contributed by atoms with Crippen molar-refractivity contribution in [3.05, 3.63) is 30.2 Å². The molecule has 1 fully saturated rings. The van der Waals surface area contributed by atoms with E-state index in [1.54, 1.807) is 12.4 Å². The molecule has 26 heavy (non-hydrogen) atoms. The number of likely N-dealkylation sites (tertiary alicyclic amines) is 1. The molecule has 1 saturated heterocycles. The summed E-state index contributed by atoms with van der Waals surface area (Å²) < 4.78 is 18.6. The van der Waals surface area contributed by atoms with Gasteiger partial charge in [0, 0.05) is 31.2 Å². The molecule has 0 saturated carbocycles. The summed E-state index contributed by atoms with van der Waals surface area (Å²) in [5.41, 5.74) is 1.86. The molecule has 0 radical (unpaired) electrons. The average Bonchev–Trinajstić information content (AvgIpc) is 3.06. The zero-order valence-electron chi connectivity index (χ0n) is 14.4. The van der Waals surface area contributed by atoms with Crippen molar-refractivity contribution < 1.29 is 9.13 Å². The van der Waals surface area contributed by atoms with Gasteiger partial charge in [0.05, 0.1) is 23.8 Å². The first-order valence-electron chi connectivity index (χ1n) is 8.90. The van der Waals surface area contributed by atoms with Gasteiger partial charge in [-0.3, -0.25) is 4.39 Å². The lowest BCUT2D eigenvalue weighted by molar-refractivity contribution is 0.0995. The third kappa shape index (κ3) is 3.08. The Morgan fingerprint density at radius 2 is 2.19 bits per heavy atom. The molecule has 4 heterocycles. The summed E-state index contributed by atoms with van der Waals surface area (Å²) in [6.07, 6.45) is 5.70. The van der Waals surface area contributed by atoms with Crippen LogP contribution in [0.1, 0.15) is 25.0 Å². The van der Waals surface area contributed by atoms with Crippen molar-refractivity contribution in [3.8, 4) is 11.8 Å². The fraction of sp³-hybridized carbons (Fsp3) is 0.421. The zero-order valence-corrected chi connectivity index (χ0v) is 14.4. The number of rotatable bonds is 5. The second kappa shape index (κ2) is 7.26. The van der Waals surface area contributed by atoms with E-state index in [-0.39, 0.29) is 12.8 Å². The number of hydrogen-bond acceptors (Lipinski definition) is 5. The number of pyridine rings is 2. The Hall–Kier alpha value is -2.72. The molecule has 1 aliphatic rings. The maximum Gasteiger partial charge on any atom is 0.183 e. The minimum Gasteiger partial charge on any atom is -0.487 e. The summed E-state index contributed by atoms with van der Waals surface area (Å²) in [5, 5.41) is 11.3. The Balaban J connectivity index is 1.63. The molecular formula is C19H20FN5O. The van der Waals surface area contributed by atoms with Gasteiger partial charge in [0.2, 0.25) is 0 Å². The molecule has 134 valence electrons. The van der Waals surface area contributed by atoms with Crippen LogP contribution in [0.25, 0.3) is 21.9 Å². The van der Waals surface area contributed by atoms with Crippen LogP contribution in [0.15, 0.2) is 24.5 Å². The first kappa shape index (κ1) is 16.7. The quantitative estimate of drug-likeness (QED) is 0.762. The first-order chi connectivity index (χ1) is 12.8. The standard InChI is InChI=1S/C19H20FN5O/c20-6-2-8-25-9-4-13(5-10-25)26-18-15(11-21)23-12-16-17(18)14-3-1-7-22-19(14)24-16/h1,3,7,12-13H,2,4-6,8-10H2,(H,22,24). The van der Waals surface area contributed by atoms with Gasteiger partial charge in [0.25, 0.3) is 0 Å². The smallest absolute Gasteiger partial charge is 0.183 e. The maximum atomic E-state index is 12.3. The van der Waals surface area contributed by atoms with Crippen LogP contribution in [-0.2, 0) is 0 Å². The van der Waals surface area contributed by atoms with Crippen molar-refractivity contribution in [2.75, 3.05) is 26.3 Å². The van der Waals surface area contributed by atoms with Crippen LogP contribution in [0.4, 0.5) is 4.39 Å². The number of piperidine rings is 1. The third-order valence-electron chi connectivity index (χ3n) is 4.90. The van der Waals surface area contributed by atoms with E-state index in [2.05, 4.69) is 25.9 Å². The minimum atomic E-state index is -0.274. The van der Waals surface area contributed by atoms with Gasteiger partial charge in [-0.25, -0.2) is 9.97 Å². The highest BCUT2D eigenvalue weighted by Crippen LogP contribution is 2.35. The highest BCUT2D eigenvalue weighted by atomic mass is 19.1. The van der Waals surface area contributed by atoms with Crippen molar-refractivity contribution >= 4 is 21.9 Å². The molecule has 3 aromatic heterocycles. The fourth-order valence-electron chi connectivity index (χ4n) is 3.58. The number of nitrogens with zero attached hydrogens (tertiary/aromatic N) is 4. The van der Waals surface area contributed by atoms with Crippen molar-refractivity contribution in [2.45, 2.75) is 25.4 Å². The molecule has 0 amide bonds. The van der Waals surface area contributed by atoms with Crippen molar-refractivity contribution in [1.29, 1.82) is 5.26 Å². The van der Waals surface area contributed by atoms with Crippen LogP contribution >= 0.6 is 0 Å². The average molecular weight is 353 g/mol. The van der Waals surface area contributed by atoms with Crippen LogP contribution in [0.5, 0.6) is 5.75 Å². The third-order valence-corrected chi connectivity index (χ3v) is 4.90. The van der Waals surface area contributed by atoms with Crippen LogP contribution in [0, 0.1) is 11.3 Å². The second-order valence-corrected chi connectivity index (χ2v) is 6.56. The zero-order chi connectivity index (χ0) is 17.9. The molecule has 1 aliphatic heterocycles. The number of nitrogens with one attached hydrogen (secondary N) is 1. The fourth-order valence-corrected chi connectivity index (χ4v) is 3.58. The predicted molar refractivity (Wildman–Crippen MR) is 96.8 cm³/mol. The Bertz CT molecular complexity index is 956. The number of halogens is 1. The monoisotopic (exact) mass is 353 g/mol. The summed E-state index contributed by atoms with van der Waals surface area (Å²) in [5.74, 6) is 0.534. The molecule has 0 atom stereocenters. The molecule has 1 N–H and O–H groups in total. The van der Waals surface area contributed by atoms with Crippen LogP contribution in [-0.4, -0.2) is 52.3 Å². The molecule has 0 unspecified atom stereocenters. The Morgan fingerprint density at radius 3 is 2.96 bits per heavy atom. The van der Waals surface area contributed by atoms with Gasteiger partial charge in [-0.05, 0) is 31.4 Å². The summed E-state index contributed by atoms with van der Waals surface area (Å²) in [6, 6.07) is 5.98. The second-order valence-electron chi connectivity index (χ2n) is 6.56. The van der Waals surface area contributed by atoms with Crippen LogP contribution in [0.3, 0.4) is 0 Å². The topological polar surface area (TPSA) is 77.8 Å². The van der Waals surface area contributed by atoms with Gasteiger partial charge in [-0.1, -0.05) is 0 Å². The van der Waals surface area contributed by atoms with Crippen molar-refractivity contribution in [3.63, 3.8) is 0 Å². The lowest BCUT2D eigenvalue weighted by atomic mass is 10.1. The van der Waals surface area contributed by atoms with E-state index in [0.717, 1.165) is 54.4 Å². The van der Waals surface area contributed by atoms with Gasteiger partial charge in [0.1, 0.15) is 17.8 Å². The van der Waals surface area contributed by atoms with Crippen molar-refractivity contribution in [2.24, 2.45) is 0 Å².